The van der Waals surface area contributed by atoms with Crippen molar-refractivity contribution >= 4 is 39.9 Å². The van der Waals surface area contributed by atoms with Crippen LogP contribution in [0.4, 0.5) is 11.4 Å². The lowest BCUT2D eigenvalue weighted by Gasteiger charge is -2.13. The van der Waals surface area contributed by atoms with E-state index in [-0.39, 0.29) is 11.4 Å². The van der Waals surface area contributed by atoms with Crippen molar-refractivity contribution in [3.05, 3.63) is 58.1 Å². The zero-order chi connectivity index (χ0) is 20.3. The molecule has 0 radical (unpaired) electrons. The van der Waals surface area contributed by atoms with Crippen molar-refractivity contribution in [2.45, 2.75) is 6.42 Å². The SMILES string of the molecule is CN(C)c1ccc(-c2cc(C3=NN=C(SCC(=O)O)C3)cc([N+](=O)[O-])c2)cc1. The third-order valence-electron chi connectivity index (χ3n) is 4.14. The third-order valence-corrected chi connectivity index (χ3v) is 5.09. The molecule has 0 saturated carbocycles. The van der Waals surface area contributed by atoms with Crippen molar-refractivity contribution in [2.24, 2.45) is 10.2 Å². The molecule has 1 heterocycles. The fraction of sp³-hybridized carbons (Fsp3) is 0.211. The van der Waals surface area contributed by atoms with Gasteiger partial charge in [0.25, 0.3) is 5.69 Å². The standard InChI is InChI=1S/C19H18N4O4S/c1-22(2)15-5-3-12(4-6-15)13-7-14(9-16(8-13)23(26)27)17-10-18(21-20-17)28-11-19(24)25/h3-9H,10-11H2,1-2H3,(H,24,25). The number of rotatable bonds is 6. The van der Waals surface area contributed by atoms with Crippen LogP contribution in [0, 0.1) is 10.1 Å². The number of carboxylic acids is 1. The fourth-order valence-corrected chi connectivity index (χ4v) is 3.34. The Kier molecular flexibility index (Phi) is 5.74. The minimum Gasteiger partial charge on any atom is -0.481 e. The first-order chi connectivity index (χ1) is 13.3. The summed E-state index contributed by atoms with van der Waals surface area (Å²) in [5.41, 5.74) is 3.76. The molecule has 0 unspecified atom stereocenters. The fourth-order valence-electron chi connectivity index (χ4n) is 2.72. The Balaban J connectivity index is 1.89. The van der Waals surface area contributed by atoms with Crippen molar-refractivity contribution in [2.75, 3.05) is 24.7 Å². The molecular weight excluding hydrogens is 380 g/mol. The van der Waals surface area contributed by atoms with Crippen LogP contribution in [0.1, 0.15) is 12.0 Å². The second-order valence-electron chi connectivity index (χ2n) is 6.37. The molecule has 144 valence electrons. The van der Waals surface area contributed by atoms with E-state index >= 15 is 0 Å². The predicted octanol–water partition coefficient (Wildman–Crippen LogP) is 3.65. The lowest BCUT2D eigenvalue weighted by molar-refractivity contribution is -0.384. The topological polar surface area (TPSA) is 108 Å². The van der Waals surface area contributed by atoms with Crippen LogP contribution >= 0.6 is 11.8 Å². The molecule has 0 atom stereocenters. The first-order valence-electron chi connectivity index (χ1n) is 8.39. The maximum Gasteiger partial charge on any atom is 0.313 e. The van der Waals surface area contributed by atoms with Gasteiger partial charge in [-0.15, -0.1) is 5.10 Å². The van der Waals surface area contributed by atoms with E-state index in [0.29, 0.717) is 28.3 Å². The van der Waals surface area contributed by atoms with E-state index in [1.807, 2.05) is 49.3 Å². The minimum atomic E-state index is -0.931. The predicted molar refractivity (Wildman–Crippen MR) is 112 cm³/mol. The molecule has 0 amide bonds. The molecule has 3 rings (SSSR count). The van der Waals surface area contributed by atoms with Crippen molar-refractivity contribution in [1.29, 1.82) is 0 Å². The normalized spacial score (nSPS) is 13.1. The molecule has 8 nitrogen and oxygen atoms in total. The molecule has 9 heteroatoms. The third kappa shape index (κ3) is 4.55. The second-order valence-corrected chi connectivity index (χ2v) is 7.42. The molecule has 0 fully saturated rings. The van der Waals surface area contributed by atoms with Gasteiger partial charge in [0.05, 0.1) is 16.4 Å². The molecule has 0 saturated heterocycles. The summed E-state index contributed by atoms with van der Waals surface area (Å²) >= 11 is 1.10. The number of hydrogen-bond acceptors (Lipinski definition) is 7. The average Bonchev–Trinajstić information content (AvgIpc) is 3.15. The Hall–Kier alpha value is -3.20. The maximum atomic E-state index is 11.4. The molecule has 1 aliphatic heterocycles. The number of anilines is 1. The number of carboxylic acid groups (broad SMARTS) is 1. The highest BCUT2D eigenvalue weighted by atomic mass is 32.2. The van der Waals surface area contributed by atoms with Crippen LogP contribution in [0.15, 0.2) is 52.7 Å². The van der Waals surface area contributed by atoms with Gasteiger partial charge in [0.15, 0.2) is 0 Å². The monoisotopic (exact) mass is 398 g/mol. The van der Waals surface area contributed by atoms with Gasteiger partial charge >= 0.3 is 5.97 Å². The number of benzene rings is 2. The summed E-state index contributed by atoms with van der Waals surface area (Å²) in [5, 5.41) is 28.9. The number of carbonyl (C=O) groups is 1. The first kappa shape index (κ1) is 19.6. The highest BCUT2D eigenvalue weighted by Crippen LogP contribution is 2.29. The van der Waals surface area contributed by atoms with Gasteiger partial charge in [-0.2, -0.15) is 5.10 Å². The number of non-ortho nitro benzene ring substituents is 1. The largest absolute Gasteiger partial charge is 0.481 e. The summed E-state index contributed by atoms with van der Waals surface area (Å²) in [7, 11) is 3.89. The zero-order valence-electron chi connectivity index (χ0n) is 15.3. The molecular formula is C19H18N4O4S. The van der Waals surface area contributed by atoms with Gasteiger partial charge < -0.3 is 10.0 Å². The van der Waals surface area contributed by atoms with Gasteiger partial charge in [-0.1, -0.05) is 23.9 Å². The van der Waals surface area contributed by atoms with Crippen molar-refractivity contribution in [1.82, 2.24) is 0 Å². The maximum absolute atomic E-state index is 11.4. The van der Waals surface area contributed by atoms with E-state index in [0.717, 1.165) is 23.0 Å². The summed E-state index contributed by atoms with van der Waals surface area (Å²) < 4.78 is 0. The van der Waals surface area contributed by atoms with E-state index < -0.39 is 10.9 Å². The van der Waals surface area contributed by atoms with E-state index in [1.54, 1.807) is 0 Å². The average molecular weight is 398 g/mol. The number of thioether (sulfide) groups is 1. The molecule has 0 aliphatic carbocycles. The highest BCUT2D eigenvalue weighted by molar-refractivity contribution is 8.14. The van der Waals surface area contributed by atoms with Gasteiger partial charge in [0, 0.05) is 43.9 Å². The van der Waals surface area contributed by atoms with Crippen LogP contribution in [0.3, 0.4) is 0 Å². The highest BCUT2D eigenvalue weighted by Gasteiger charge is 2.20. The lowest BCUT2D eigenvalue weighted by atomic mass is 9.99. The van der Waals surface area contributed by atoms with Gasteiger partial charge in [-0.25, -0.2) is 0 Å². The summed E-state index contributed by atoms with van der Waals surface area (Å²) in [5.74, 6) is -1.03. The Bertz CT molecular complexity index is 984. The Morgan fingerprint density at radius 1 is 1.14 bits per heavy atom. The van der Waals surface area contributed by atoms with Gasteiger partial charge in [-0.3, -0.25) is 14.9 Å². The van der Waals surface area contributed by atoms with Crippen LogP contribution < -0.4 is 4.90 Å². The molecule has 2 aromatic rings. The number of nitrogens with zero attached hydrogens (tertiary/aromatic N) is 4. The number of nitro groups is 1. The minimum absolute atomic E-state index is 0.0291. The number of nitro benzene ring substituents is 1. The van der Waals surface area contributed by atoms with Crippen LogP contribution in [0.5, 0.6) is 0 Å². The number of aliphatic carboxylic acids is 1. The van der Waals surface area contributed by atoms with Gasteiger partial charge in [0.2, 0.25) is 0 Å². The molecule has 28 heavy (non-hydrogen) atoms. The summed E-state index contributed by atoms with van der Waals surface area (Å²) in [4.78, 5) is 23.6. The van der Waals surface area contributed by atoms with Gasteiger partial charge in [-0.05, 0) is 29.3 Å². The van der Waals surface area contributed by atoms with E-state index in [9.17, 15) is 14.9 Å². The van der Waals surface area contributed by atoms with Crippen LogP contribution in [-0.4, -0.2) is 46.6 Å². The summed E-state index contributed by atoms with van der Waals surface area (Å²) in [6.07, 6.45) is 0.359. The molecule has 0 aromatic heterocycles. The smallest absolute Gasteiger partial charge is 0.313 e. The summed E-state index contributed by atoms with van der Waals surface area (Å²) in [6, 6.07) is 12.6. The quantitative estimate of drug-likeness (QED) is 0.588. The van der Waals surface area contributed by atoms with Crippen LogP contribution in [0.25, 0.3) is 11.1 Å². The second kappa shape index (κ2) is 8.22. The Morgan fingerprint density at radius 3 is 2.43 bits per heavy atom. The van der Waals surface area contributed by atoms with E-state index in [4.69, 9.17) is 5.11 Å². The Morgan fingerprint density at radius 2 is 1.82 bits per heavy atom. The van der Waals surface area contributed by atoms with E-state index in [2.05, 4.69) is 10.2 Å². The number of hydrogen-bond donors (Lipinski definition) is 1. The van der Waals surface area contributed by atoms with Crippen molar-refractivity contribution in [3.8, 4) is 11.1 Å². The molecule has 0 spiro atoms. The molecule has 1 N–H and O–H groups in total. The van der Waals surface area contributed by atoms with Crippen LogP contribution in [0.2, 0.25) is 0 Å². The first-order valence-corrected chi connectivity index (χ1v) is 9.37. The molecule has 1 aliphatic rings. The van der Waals surface area contributed by atoms with E-state index in [1.165, 1.54) is 12.1 Å². The Labute approximate surface area is 165 Å². The van der Waals surface area contributed by atoms with Crippen LogP contribution in [-0.2, 0) is 4.79 Å². The molecule has 0 bridgehead atoms. The van der Waals surface area contributed by atoms with Crippen molar-refractivity contribution in [3.63, 3.8) is 0 Å². The summed E-state index contributed by atoms with van der Waals surface area (Å²) in [6.45, 7) is 0. The lowest BCUT2D eigenvalue weighted by Crippen LogP contribution is -2.08. The van der Waals surface area contributed by atoms with Gasteiger partial charge in [0.1, 0.15) is 5.04 Å². The molecule has 2 aromatic carbocycles. The zero-order valence-corrected chi connectivity index (χ0v) is 16.1. The van der Waals surface area contributed by atoms with Crippen molar-refractivity contribution < 1.29 is 14.8 Å².